The lowest BCUT2D eigenvalue weighted by molar-refractivity contribution is -0.152. The summed E-state index contributed by atoms with van der Waals surface area (Å²) in [5.41, 5.74) is 5.26. The summed E-state index contributed by atoms with van der Waals surface area (Å²) in [5, 5.41) is 0. The van der Waals surface area contributed by atoms with Crippen LogP contribution in [-0.2, 0) is 35.1 Å². The first-order valence-corrected chi connectivity index (χ1v) is 8.49. The SMILES string of the molecule is CC(=O)OCCn1cnc2c(=O)n(OC(COC(C)=O)COC(C)=O)c(N)nc21. The first-order valence-electron chi connectivity index (χ1n) is 8.49. The second-order valence-corrected chi connectivity index (χ2v) is 5.85. The van der Waals surface area contributed by atoms with Gasteiger partial charge in [-0.05, 0) is 0 Å². The lowest BCUT2D eigenvalue weighted by Gasteiger charge is -2.19. The molecule has 13 heteroatoms. The Labute approximate surface area is 164 Å². The second-order valence-electron chi connectivity index (χ2n) is 5.85. The molecular weight excluding hydrogens is 390 g/mol. The minimum Gasteiger partial charge on any atom is -0.464 e. The van der Waals surface area contributed by atoms with Crippen molar-refractivity contribution < 1.29 is 33.4 Å². The molecule has 2 aromatic heterocycles. The third kappa shape index (κ3) is 5.92. The van der Waals surface area contributed by atoms with E-state index in [0.717, 1.165) is 0 Å². The smallest absolute Gasteiger partial charge is 0.316 e. The molecule has 2 aromatic rings. The van der Waals surface area contributed by atoms with Gasteiger partial charge in [0.25, 0.3) is 0 Å². The third-order valence-electron chi connectivity index (χ3n) is 3.46. The quantitative estimate of drug-likeness (QED) is 0.383. The molecule has 0 amide bonds. The van der Waals surface area contributed by atoms with E-state index in [2.05, 4.69) is 9.97 Å². The molecule has 0 saturated carbocycles. The number of anilines is 1. The molecule has 0 saturated heterocycles. The monoisotopic (exact) mass is 411 g/mol. The summed E-state index contributed by atoms with van der Waals surface area (Å²) >= 11 is 0. The van der Waals surface area contributed by atoms with Crippen LogP contribution >= 0.6 is 0 Å². The first kappa shape index (κ1) is 21.7. The number of imidazole rings is 1. The van der Waals surface area contributed by atoms with E-state index >= 15 is 0 Å². The van der Waals surface area contributed by atoms with E-state index in [9.17, 15) is 19.2 Å². The van der Waals surface area contributed by atoms with E-state index in [1.54, 1.807) is 0 Å². The van der Waals surface area contributed by atoms with Gasteiger partial charge in [0.05, 0.1) is 12.9 Å². The lowest BCUT2D eigenvalue weighted by atomic mass is 10.4. The van der Waals surface area contributed by atoms with Crippen LogP contribution in [0, 0.1) is 0 Å². The lowest BCUT2D eigenvalue weighted by Crippen LogP contribution is -2.41. The van der Waals surface area contributed by atoms with Gasteiger partial charge >= 0.3 is 23.5 Å². The Balaban J connectivity index is 2.26. The van der Waals surface area contributed by atoms with Gasteiger partial charge in [-0.2, -0.15) is 4.98 Å². The minimum absolute atomic E-state index is 0.0410. The summed E-state index contributed by atoms with van der Waals surface area (Å²) in [6.07, 6.45) is 0.342. The van der Waals surface area contributed by atoms with Crippen molar-refractivity contribution in [3.05, 3.63) is 16.7 Å². The second kappa shape index (κ2) is 9.52. The van der Waals surface area contributed by atoms with Gasteiger partial charge in [-0.25, -0.2) is 4.98 Å². The fourth-order valence-electron chi connectivity index (χ4n) is 2.23. The summed E-state index contributed by atoms with van der Waals surface area (Å²) in [6, 6.07) is 0. The highest BCUT2D eigenvalue weighted by molar-refractivity contribution is 5.71. The number of rotatable bonds is 9. The van der Waals surface area contributed by atoms with Gasteiger partial charge < -0.3 is 29.3 Å². The average Bonchev–Trinajstić information content (AvgIpc) is 3.02. The Bertz CT molecular complexity index is 948. The van der Waals surface area contributed by atoms with Crippen molar-refractivity contribution in [3.63, 3.8) is 0 Å². The van der Waals surface area contributed by atoms with E-state index < -0.39 is 29.6 Å². The van der Waals surface area contributed by atoms with Crippen LogP contribution in [0.3, 0.4) is 0 Å². The highest BCUT2D eigenvalue weighted by Gasteiger charge is 2.21. The Hall–Kier alpha value is -3.64. The van der Waals surface area contributed by atoms with Gasteiger partial charge in [-0.1, -0.05) is 0 Å². The number of hydrogen-bond acceptors (Lipinski definition) is 11. The maximum absolute atomic E-state index is 12.7. The van der Waals surface area contributed by atoms with Gasteiger partial charge in [0.1, 0.15) is 19.8 Å². The van der Waals surface area contributed by atoms with Crippen molar-refractivity contribution >= 4 is 35.0 Å². The van der Waals surface area contributed by atoms with Crippen molar-refractivity contribution in [3.8, 4) is 0 Å². The highest BCUT2D eigenvalue weighted by Crippen LogP contribution is 2.09. The zero-order valence-corrected chi connectivity index (χ0v) is 16.1. The summed E-state index contributed by atoms with van der Waals surface area (Å²) < 4.78 is 16.7. The van der Waals surface area contributed by atoms with Crippen LogP contribution in [0.2, 0.25) is 0 Å². The van der Waals surface area contributed by atoms with Crippen LogP contribution in [0.4, 0.5) is 5.95 Å². The Morgan fingerprint density at radius 3 is 2.21 bits per heavy atom. The maximum atomic E-state index is 12.7. The standard InChI is InChI=1S/C16H21N5O8/c1-9(22)26-5-4-20-8-18-13-14(20)19-16(17)21(15(13)25)29-12(6-27-10(2)23)7-28-11(3)24/h8,12H,4-7H2,1-3H3,(H2,17,19). The number of carbonyl (C=O) groups is 3. The molecule has 0 unspecified atom stereocenters. The van der Waals surface area contributed by atoms with Crippen LogP contribution in [0.5, 0.6) is 0 Å². The molecule has 0 aliphatic carbocycles. The normalized spacial score (nSPS) is 10.8. The van der Waals surface area contributed by atoms with Crippen LogP contribution in [0.25, 0.3) is 11.2 Å². The highest BCUT2D eigenvalue weighted by atomic mass is 16.7. The van der Waals surface area contributed by atoms with Crippen molar-refractivity contribution in [1.82, 2.24) is 19.3 Å². The van der Waals surface area contributed by atoms with Crippen LogP contribution in [0.15, 0.2) is 11.1 Å². The van der Waals surface area contributed by atoms with Gasteiger partial charge in [-0.3, -0.25) is 19.2 Å². The predicted molar refractivity (Wildman–Crippen MR) is 96.5 cm³/mol. The molecule has 0 aromatic carbocycles. The zero-order valence-electron chi connectivity index (χ0n) is 16.1. The average molecular weight is 411 g/mol. The molecule has 2 N–H and O–H groups in total. The minimum atomic E-state index is -1.01. The number of esters is 3. The van der Waals surface area contributed by atoms with E-state index in [1.165, 1.54) is 31.7 Å². The molecule has 0 bridgehead atoms. The van der Waals surface area contributed by atoms with E-state index in [0.29, 0.717) is 4.73 Å². The molecule has 0 spiro atoms. The van der Waals surface area contributed by atoms with Crippen LogP contribution in [-0.4, -0.2) is 63.1 Å². The summed E-state index contributed by atoms with van der Waals surface area (Å²) in [6.45, 7) is 3.37. The fourth-order valence-corrected chi connectivity index (χ4v) is 2.23. The molecule has 0 aliphatic heterocycles. The summed E-state index contributed by atoms with van der Waals surface area (Å²) in [4.78, 5) is 59.2. The molecule has 13 nitrogen and oxygen atoms in total. The van der Waals surface area contributed by atoms with Gasteiger partial charge in [0.15, 0.2) is 17.3 Å². The predicted octanol–water partition coefficient (Wildman–Crippen LogP) is -1.34. The van der Waals surface area contributed by atoms with Gasteiger partial charge in [0, 0.05) is 20.8 Å². The van der Waals surface area contributed by atoms with Gasteiger partial charge in [0.2, 0.25) is 5.95 Å². The number of aromatic nitrogens is 4. The molecule has 0 radical (unpaired) electrons. The summed E-state index contributed by atoms with van der Waals surface area (Å²) in [7, 11) is 0. The van der Waals surface area contributed by atoms with Crippen molar-refractivity contribution in [2.75, 3.05) is 25.6 Å². The molecular formula is C16H21N5O8. The molecule has 0 atom stereocenters. The zero-order chi connectivity index (χ0) is 21.6. The van der Waals surface area contributed by atoms with Crippen LogP contribution in [0.1, 0.15) is 20.8 Å². The van der Waals surface area contributed by atoms with Crippen LogP contribution < -0.4 is 16.1 Å². The third-order valence-corrected chi connectivity index (χ3v) is 3.46. The molecule has 2 heterocycles. The largest absolute Gasteiger partial charge is 0.464 e. The molecule has 29 heavy (non-hydrogen) atoms. The molecule has 2 rings (SSSR count). The number of ether oxygens (including phenoxy) is 3. The number of nitrogen functional groups attached to an aromatic ring is 1. The number of hydrogen-bond donors (Lipinski definition) is 1. The Morgan fingerprint density at radius 1 is 1.07 bits per heavy atom. The van der Waals surface area contributed by atoms with E-state index in [4.69, 9.17) is 24.8 Å². The Morgan fingerprint density at radius 2 is 1.66 bits per heavy atom. The fraction of sp³-hybridized carbons (Fsp3) is 0.500. The van der Waals surface area contributed by atoms with Gasteiger partial charge in [-0.15, -0.1) is 4.73 Å². The molecule has 0 aliphatic rings. The maximum Gasteiger partial charge on any atom is 0.316 e. The van der Waals surface area contributed by atoms with Crippen molar-refractivity contribution in [2.24, 2.45) is 0 Å². The molecule has 158 valence electrons. The number of nitrogens with two attached hydrogens (primary N) is 1. The van der Waals surface area contributed by atoms with Crippen molar-refractivity contribution in [1.29, 1.82) is 0 Å². The molecule has 0 fully saturated rings. The Kier molecular flexibility index (Phi) is 7.11. The number of carbonyl (C=O) groups excluding carboxylic acids is 3. The van der Waals surface area contributed by atoms with Crippen molar-refractivity contribution in [2.45, 2.75) is 33.4 Å². The number of fused-ring (bicyclic) bond motifs is 1. The summed E-state index contributed by atoms with van der Waals surface area (Å²) in [5.74, 6) is -1.90. The topological polar surface area (TPSA) is 167 Å². The van der Waals surface area contributed by atoms with E-state index in [1.807, 2.05) is 0 Å². The van der Waals surface area contributed by atoms with E-state index in [-0.39, 0.29) is 43.5 Å². The first-order chi connectivity index (χ1) is 13.7. The number of nitrogens with zero attached hydrogens (tertiary/aromatic N) is 4.